The number of benzene rings is 4. The molecule has 4 aromatic carbocycles. The largest absolute Gasteiger partial charge is 0.482 e. The monoisotopic (exact) mass is 571 g/mol. The van der Waals surface area contributed by atoms with Crippen molar-refractivity contribution in [3.05, 3.63) is 121 Å². The Hall–Kier alpha value is -3.94. The Morgan fingerprint density at radius 2 is 1.17 bits per heavy atom. The minimum atomic E-state index is -0.715. The summed E-state index contributed by atoms with van der Waals surface area (Å²) in [5.41, 5.74) is 0.246. The third-order valence-corrected chi connectivity index (χ3v) is 11.4. The van der Waals surface area contributed by atoms with Crippen LogP contribution < -0.4 is 4.74 Å². The molecule has 0 aliphatic heterocycles. The fraction of sp³-hybridized carbons (Fsp3) is 0.289. The minimum absolute atomic E-state index is 0.122. The van der Waals surface area contributed by atoms with Gasteiger partial charge in [-0.05, 0) is 111 Å². The average molecular weight is 572 g/mol. The van der Waals surface area contributed by atoms with Crippen LogP contribution >= 0.6 is 0 Å². The molecule has 3 nitrogen and oxygen atoms in total. The zero-order valence-electron chi connectivity index (χ0n) is 23.7. The summed E-state index contributed by atoms with van der Waals surface area (Å²) < 4.78 is 12.4. The molecular formula is C38H35O3S+. The van der Waals surface area contributed by atoms with Crippen molar-refractivity contribution in [3.8, 4) is 17.6 Å². The van der Waals surface area contributed by atoms with Gasteiger partial charge in [0.15, 0.2) is 26.9 Å². The molecule has 0 heterocycles. The van der Waals surface area contributed by atoms with Gasteiger partial charge in [0.1, 0.15) is 5.75 Å². The van der Waals surface area contributed by atoms with Gasteiger partial charge in [0.2, 0.25) is 0 Å². The predicted molar refractivity (Wildman–Crippen MR) is 166 cm³/mol. The Labute approximate surface area is 251 Å². The molecule has 4 fully saturated rings. The van der Waals surface area contributed by atoms with E-state index in [1.54, 1.807) is 0 Å². The molecule has 0 atom stereocenters. The Balaban J connectivity index is 1.07. The first-order valence-electron chi connectivity index (χ1n) is 15.0. The molecule has 4 aliphatic rings. The van der Waals surface area contributed by atoms with E-state index < -0.39 is 5.60 Å². The molecule has 4 heteroatoms. The lowest BCUT2D eigenvalue weighted by Crippen LogP contribution is -2.59. The molecule has 4 saturated carbocycles. The van der Waals surface area contributed by atoms with Gasteiger partial charge in [0.05, 0.1) is 10.9 Å². The van der Waals surface area contributed by atoms with Crippen molar-refractivity contribution < 1.29 is 14.3 Å². The highest BCUT2D eigenvalue weighted by Gasteiger charge is 2.59. The van der Waals surface area contributed by atoms with Crippen LogP contribution in [-0.2, 0) is 20.4 Å². The molecule has 0 saturated heterocycles. The molecule has 0 radical (unpaired) electrons. The average Bonchev–Trinajstić information content (AvgIpc) is 3.03. The molecule has 0 amide bonds. The minimum Gasteiger partial charge on any atom is -0.482 e. The van der Waals surface area contributed by atoms with Crippen LogP contribution in [0.3, 0.4) is 0 Å². The number of ether oxygens (including phenoxy) is 2. The summed E-state index contributed by atoms with van der Waals surface area (Å²) in [5, 5.41) is 0. The van der Waals surface area contributed by atoms with E-state index in [0.29, 0.717) is 17.6 Å². The lowest BCUT2D eigenvalue weighted by atomic mass is 9.50. The second kappa shape index (κ2) is 11.7. The van der Waals surface area contributed by atoms with Crippen molar-refractivity contribution in [1.29, 1.82) is 0 Å². The maximum Gasteiger partial charge on any atom is 0.345 e. The molecule has 4 aliphatic carbocycles. The second-order valence-electron chi connectivity index (χ2n) is 11.9. The van der Waals surface area contributed by atoms with Crippen molar-refractivity contribution >= 4 is 16.9 Å². The van der Waals surface area contributed by atoms with Gasteiger partial charge in [-0.25, -0.2) is 4.79 Å². The lowest BCUT2D eigenvalue weighted by molar-refractivity contribution is -0.191. The summed E-state index contributed by atoms with van der Waals surface area (Å²) in [5.74, 6) is 9.35. The third-order valence-electron chi connectivity index (χ3n) is 9.18. The van der Waals surface area contributed by atoms with E-state index in [-0.39, 0.29) is 23.5 Å². The van der Waals surface area contributed by atoms with Crippen LogP contribution in [0.5, 0.6) is 5.75 Å². The van der Waals surface area contributed by atoms with Crippen molar-refractivity contribution in [1.82, 2.24) is 0 Å². The van der Waals surface area contributed by atoms with Crippen LogP contribution in [0.2, 0.25) is 0 Å². The smallest absolute Gasteiger partial charge is 0.345 e. The molecular weight excluding hydrogens is 536 g/mol. The van der Waals surface area contributed by atoms with E-state index >= 15 is 0 Å². The second-order valence-corrected chi connectivity index (χ2v) is 13.9. The third kappa shape index (κ3) is 5.46. The van der Waals surface area contributed by atoms with E-state index in [2.05, 4.69) is 72.5 Å². The van der Waals surface area contributed by atoms with Gasteiger partial charge in [-0.2, -0.15) is 0 Å². The van der Waals surface area contributed by atoms with E-state index in [9.17, 15) is 4.79 Å². The van der Waals surface area contributed by atoms with Gasteiger partial charge in [0.25, 0.3) is 0 Å². The summed E-state index contributed by atoms with van der Waals surface area (Å²) in [6, 6.07) is 39.3. The van der Waals surface area contributed by atoms with Crippen LogP contribution in [0.1, 0.15) is 37.7 Å². The van der Waals surface area contributed by atoms with Crippen LogP contribution in [0, 0.1) is 35.5 Å². The molecule has 210 valence electrons. The quantitative estimate of drug-likeness (QED) is 0.128. The van der Waals surface area contributed by atoms with E-state index in [4.69, 9.17) is 9.47 Å². The van der Waals surface area contributed by atoms with Crippen LogP contribution in [-0.4, -0.2) is 18.2 Å². The van der Waals surface area contributed by atoms with Gasteiger partial charge >= 0.3 is 5.97 Å². The number of carbonyl (C=O) groups excluding carboxylic acids is 1. The summed E-state index contributed by atoms with van der Waals surface area (Å²) in [7, 11) is -0.229. The standard InChI is InChI=1S/C38H35O3S/c39-37(41-38(21-20-28-10-4-1-5-11-28)31-23-29-22-30(25-31)26-32(38)24-29)27-40-33-16-18-36(19-17-33)42(34-12-6-2-7-13-34)35-14-8-3-9-15-35/h1-19,29-32H,22-27H2/q+1. The lowest BCUT2D eigenvalue weighted by Gasteiger charge is -2.58. The number of carbonyl (C=O) groups is 1. The maximum atomic E-state index is 13.4. The maximum absolute atomic E-state index is 13.4. The first-order chi connectivity index (χ1) is 20.7. The number of rotatable bonds is 7. The van der Waals surface area contributed by atoms with Crippen molar-refractivity contribution in [3.63, 3.8) is 0 Å². The Morgan fingerprint density at radius 1 is 0.667 bits per heavy atom. The van der Waals surface area contributed by atoms with Crippen molar-refractivity contribution in [2.75, 3.05) is 6.61 Å². The highest BCUT2D eigenvalue weighted by molar-refractivity contribution is 7.97. The molecule has 4 aromatic rings. The summed E-state index contributed by atoms with van der Waals surface area (Å²) in [6.45, 7) is -0.122. The van der Waals surface area contributed by atoms with Crippen molar-refractivity contribution in [2.45, 2.75) is 52.4 Å². The highest BCUT2D eigenvalue weighted by atomic mass is 32.2. The summed E-state index contributed by atoms with van der Waals surface area (Å²) in [6.07, 6.45) is 5.76. The van der Waals surface area contributed by atoms with E-state index in [1.807, 2.05) is 54.6 Å². The number of esters is 1. The van der Waals surface area contributed by atoms with E-state index in [1.165, 1.54) is 21.1 Å². The number of hydrogen-bond acceptors (Lipinski definition) is 3. The van der Waals surface area contributed by atoms with Gasteiger partial charge in [0, 0.05) is 17.4 Å². The topological polar surface area (TPSA) is 35.5 Å². The summed E-state index contributed by atoms with van der Waals surface area (Å²) in [4.78, 5) is 17.1. The van der Waals surface area contributed by atoms with E-state index in [0.717, 1.165) is 43.1 Å². The zero-order valence-corrected chi connectivity index (χ0v) is 24.5. The molecule has 0 unspecified atom stereocenters. The molecule has 0 aromatic heterocycles. The molecule has 42 heavy (non-hydrogen) atoms. The SMILES string of the molecule is O=C(COc1ccc([S+](c2ccccc2)c2ccccc2)cc1)OC1(C#Cc2ccccc2)C2CC3CC(C2)CC1C3. The molecule has 0 N–H and O–H groups in total. The highest BCUT2D eigenvalue weighted by Crippen LogP contribution is 2.59. The fourth-order valence-electron chi connectivity index (χ4n) is 7.53. The normalized spacial score (nSPS) is 25.5. The molecule has 0 spiro atoms. The Morgan fingerprint density at radius 3 is 1.71 bits per heavy atom. The molecule has 4 bridgehead atoms. The fourth-order valence-corrected chi connectivity index (χ4v) is 9.61. The van der Waals surface area contributed by atoms with Crippen LogP contribution in [0.4, 0.5) is 0 Å². The van der Waals surface area contributed by atoms with Gasteiger partial charge < -0.3 is 9.47 Å². The zero-order chi connectivity index (χ0) is 28.4. The van der Waals surface area contributed by atoms with Gasteiger partial charge in [-0.15, -0.1) is 0 Å². The Bertz CT molecular complexity index is 1500. The van der Waals surface area contributed by atoms with Gasteiger partial charge in [-0.3, -0.25) is 0 Å². The van der Waals surface area contributed by atoms with Crippen LogP contribution in [0.15, 0.2) is 130 Å². The summed E-state index contributed by atoms with van der Waals surface area (Å²) >= 11 is 0. The molecule has 8 rings (SSSR count). The first kappa shape index (κ1) is 26.9. The van der Waals surface area contributed by atoms with Crippen LogP contribution in [0.25, 0.3) is 0 Å². The van der Waals surface area contributed by atoms with Gasteiger partial charge in [-0.1, -0.05) is 60.5 Å². The van der Waals surface area contributed by atoms with Crippen molar-refractivity contribution in [2.24, 2.45) is 23.7 Å². The number of hydrogen-bond donors (Lipinski definition) is 0. The first-order valence-corrected chi connectivity index (χ1v) is 16.3. The predicted octanol–water partition coefficient (Wildman–Crippen LogP) is 7.95. The Kier molecular flexibility index (Phi) is 7.53.